The van der Waals surface area contributed by atoms with Gasteiger partial charge in [0.25, 0.3) is 5.91 Å². The number of hydrogen-bond donors (Lipinski definition) is 1. The van der Waals surface area contributed by atoms with Crippen molar-refractivity contribution in [3.8, 4) is 0 Å². The van der Waals surface area contributed by atoms with Crippen LogP contribution in [0.3, 0.4) is 0 Å². The molecule has 1 amide bonds. The van der Waals surface area contributed by atoms with Gasteiger partial charge in [0.15, 0.2) is 0 Å². The highest BCUT2D eigenvalue weighted by atomic mass is 35.5. The number of benzene rings is 1. The molecule has 0 aliphatic carbocycles. The van der Waals surface area contributed by atoms with E-state index in [1.54, 1.807) is 18.2 Å². The molecule has 0 saturated carbocycles. The second-order valence-electron chi connectivity index (χ2n) is 4.61. The molecule has 5 heteroatoms. The van der Waals surface area contributed by atoms with E-state index in [9.17, 15) is 4.79 Å². The molecule has 100 valence electrons. The van der Waals surface area contributed by atoms with Gasteiger partial charge in [-0.15, -0.1) is 11.6 Å². The van der Waals surface area contributed by atoms with Gasteiger partial charge in [0.1, 0.15) is 0 Å². The summed E-state index contributed by atoms with van der Waals surface area (Å²) in [7, 11) is 0. The van der Waals surface area contributed by atoms with Crippen LogP contribution >= 0.6 is 34.8 Å². The topological polar surface area (TPSA) is 29.1 Å². The fraction of sp³-hybridized carbons (Fsp3) is 0.462. The van der Waals surface area contributed by atoms with E-state index in [1.165, 1.54) is 0 Å². The third kappa shape index (κ3) is 5.05. The summed E-state index contributed by atoms with van der Waals surface area (Å²) in [6.45, 7) is 4.17. The lowest BCUT2D eigenvalue weighted by Gasteiger charge is -2.18. The summed E-state index contributed by atoms with van der Waals surface area (Å²) in [5, 5.41) is 3.77. The Morgan fingerprint density at radius 2 is 1.78 bits per heavy atom. The van der Waals surface area contributed by atoms with Crippen LogP contribution in [0.2, 0.25) is 10.0 Å². The van der Waals surface area contributed by atoms with Crippen LogP contribution in [-0.4, -0.2) is 17.8 Å². The van der Waals surface area contributed by atoms with Gasteiger partial charge in [0, 0.05) is 27.5 Å². The molecule has 0 aliphatic heterocycles. The molecule has 1 aromatic rings. The number of rotatable bonds is 5. The van der Waals surface area contributed by atoms with Crippen molar-refractivity contribution >= 4 is 40.7 Å². The Bertz CT molecular complexity index is 400. The largest absolute Gasteiger partial charge is 0.348 e. The molecule has 0 spiro atoms. The van der Waals surface area contributed by atoms with Crippen LogP contribution in [0.5, 0.6) is 0 Å². The van der Waals surface area contributed by atoms with Gasteiger partial charge >= 0.3 is 0 Å². The van der Waals surface area contributed by atoms with Crippen LogP contribution in [0.25, 0.3) is 0 Å². The quantitative estimate of drug-likeness (QED) is 0.804. The molecule has 0 heterocycles. The summed E-state index contributed by atoms with van der Waals surface area (Å²) in [4.78, 5) is 12.0. The first kappa shape index (κ1) is 15.6. The third-order valence-corrected chi connectivity index (χ3v) is 3.21. The third-order valence-electron chi connectivity index (χ3n) is 2.40. The first-order valence-corrected chi connectivity index (χ1v) is 7.04. The minimum Gasteiger partial charge on any atom is -0.348 e. The maximum absolute atomic E-state index is 12.0. The summed E-state index contributed by atoms with van der Waals surface area (Å²) in [6, 6.07) is 4.72. The molecular formula is C13H16Cl3NO. The Morgan fingerprint density at radius 3 is 2.22 bits per heavy atom. The molecule has 1 rings (SSSR count). The molecule has 1 atom stereocenters. The van der Waals surface area contributed by atoms with Crippen molar-refractivity contribution in [3.05, 3.63) is 33.8 Å². The van der Waals surface area contributed by atoms with Crippen molar-refractivity contribution in [3.63, 3.8) is 0 Å². The number of alkyl halides is 1. The molecule has 0 bridgehead atoms. The van der Waals surface area contributed by atoms with Gasteiger partial charge in [-0.2, -0.15) is 0 Å². The predicted molar refractivity (Wildman–Crippen MR) is 77.9 cm³/mol. The molecule has 0 saturated heterocycles. The van der Waals surface area contributed by atoms with E-state index in [-0.39, 0.29) is 11.9 Å². The maximum Gasteiger partial charge on any atom is 0.251 e. The first-order chi connectivity index (χ1) is 8.42. The Kier molecular flexibility index (Phi) is 6.27. The zero-order valence-corrected chi connectivity index (χ0v) is 12.6. The summed E-state index contributed by atoms with van der Waals surface area (Å²) >= 11 is 17.6. The molecular weight excluding hydrogens is 293 g/mol. The van der Waals surface area contributed by atoms with Crippen LogP contribution in [0, 0.1) is 5.92 Å². The number of nitrogens with one attached hydrogen (secondary N) is 1. The van der Waals surface area contributed by atoms with Crippen molar-refractivity contribution in [1.29, 1.82) is 0 Å². The SMILES string of the molecule is CC(C)CC(CCl)NC(=O)c1cc(Cl)cc(Cl)c1. The van der Waals surface area contributed by atoms with Crippen LogP contribution < -0.4 is 5.32 Å². The van der Waals surface area contributed by atoms with E-state index in [0.29, 0.717) is 27.4 Å². The van der Waals surface area contributed by atoms with Crippen molar-refractivity contribution in [1.82, 2.24) is 5.32 Å². The summed E-state index contributed by atoms with van der Waals surface area (Å²) < 4.78 is 0. The lowest BCUT2D eigenvalue weighted by Crippen LogP contribution is -2.37. The molecule has 1 unspecified atom stereocenters. The van der Waals surface area contributed by atoms with Gasteiger partial charge in [-0.05, 0) is 30.5 Å². The van der Waals surface area contributed by atoms with Crippen molar-refractivity contribution < 1.29 is 4.79 Å². The molecule has 0 radical (unpaired) electrons. The van der Waals surface area contributed by atoms with E-state index in [1.807, 2.05) is 0 Å². The summed E-state index contributed by atoms with van der Waals surface area (Å²) in [5.41, 5.74) is 0.450. The minimum atomic E-state index is -0.203. The normalized spacial score (nSPS) is 12.6. The molecule has 0 fully saturated rings. The zero-order chi connectivity index (χ0) is 13.7. The fourth-order valence-electron chi connectivity index (χ4n) is 1.68. The number of carbonyl (C=O) groups is 1. The van der Waals surface area contributed by atoms with Crippen LogP contribution in [0.1, 0.15) is 30.6 Å². The number of halogens is 3. The average Bonchev–Trinajstić information content (AvgIpc) is 2.26. The highest BCUT2D eigenvalue weighted by Crippen LogP contribution is 2.19. The molecule has 0 aliphatic rings. The zero-order valence-electron chi connectivity index (χ0n) is 10.3. The summed E-state index contributed by atoms with van der Waals surface area (Å²) in [5.74, 6) is 0.654. The van der Waals surface area contributed by atoms with Gasteiger partial charge < -0.3 is 5.32 Å². The Morgan fingerprint density at radius 1 is 1.22 bits per heavy atom. The van der Waals surface area contributed by atoms with Crippen LogP contribution in [-0.2, 0) is 0 Å². The van der Waals surface area contributed by atoms with Gasteiger partial charge in [-0.3, -0.25) is 4.79 Å². The number of hydrogen-bond acceptors (Lipinski definition) is 1. The number of amides is 1. The fourth-order valence-corrected chi connectivity index (χ4v) is 2.41. The second kappa shape index (κ2) is 7.22. The standard InChI is InChI=1S/C13H16Cl3NO/c1-8(2)3-12(7-14)17-13(18)9-4-10(15)6-11(16)5-9/h4-6,8,12H,3,7H2,1-2H3,(H,17,18). The highest BCUT2D eigenvalue weighted by Gasteiger charge is 2.15. The van der Waals surface area contributed by atoms with Gasteiger partial charge in [0.2, 0.25) is 0 Å². The van der Waals surface area contributed by atoms with Gasteiger partial charge in [-0.25, -0.2) is 0 Å². The Labute approximate surface area is 123 Å². The lowest BCUT2D eigenvalue weighted by molar-refractivity contribution is 0.0936. The minimum absolute atomic E-state index is 0.0445. The van der Waals surface area contributed by atoms with E-state index >= 15 is 0 Å². The average molecular weight is 309 g/mol. The first-order valence-electron chi connectivity index (χ1n) is 5.75. The molecule has 0 aromatic heterocycles. The van der Waals surface area contributed by atoms with Crippen molar-refractivity contribution in [2.75, 3.05) is 5.88 Å². The van der Waals surface area contributed by atoms with E-state index in [2.05, 4.69) is 19.2 Å². The lowest BCUT2D eigenvalue weighted by atomic mass is 10.0. The Balaban J connectivity index is 2.74. The molecule has 18 heavy (non-hydrogen) atoms. The van der Waals surface area contributed by atoms with Crippen molar-refractivity contribution in [2.24, 2.45) is 5.92 Å². The number of carbonyl (C=O) groups excluding carboxylic acids is 1. The van der Waals surface area contributed by atoms with E-state index in [4.69, 9.17) is 34.8 Å². The summed E-state index contributed by atoms with van der Waals surface area (Å²) in [6.07, 6.45) is 0.837. The molecule has 1 aromatic carbocycles. The van der Waals surface area contributed by atoms with Crippen molar-refractivity contribution in [2.45, 2.75) is 26.3 Å². The van der Waals surface area contributed by atoms with E-state index < -0.39 is 0 Å². The van der Waals surface area contributed by atoms with E-state index in [0.717, 1.165) is 6.42 Å². The second-order valence-corrected chi connectivity index (χ2v) is 5.79. The monoisotopic (exact) mass is 307 g/mol. The highest BCUT2D eigenvalue weighted by molar-refractivity contribution is 6.35. The maximum atomic E-state index is 12.0. The molecule has 2 nitrogen and oxygen atoms in total. The van der Waals surface area contributed by atoms with Crippen LogP contribution in [0.15, 0.2) is 18.2 Å². The van der Waals surface area contributed by atoms with Gasteiger partial charge in [-0.1, -0.05) is 37.0 Å². The van der Waals surface area contributed by atoms with Crippen LogP contribution in [0.4, 0.5) is 0 Å². The Hall–Kier alpha value is -0.440. The van der Waals surface area contributed by atoms with Gasteiger partial charge in [0.05, 0.1) is 0 Å². The predicted octanol–water partition coefficient (Wildman–Crippen LogP) is 4.38. The molecule has 1 N–H and O–H groups in total. The smallest absolute Gasteiger partial charge is 0.251 e.